The van der Waals surface area contributed by atoms with Gasteiger partial charge in [0.05, 0.1) is 11.4 Å². The standard InChI is InChI=1S/C14H20N4OS/c1-11-3-4-12(19-11)13-9-15-14(20-13)10-16-18-7-5-17(2)6-8-18/h3-4,9,16H,5-8,10H2,1-2H3. The number of aromatic nitrogens is 1. The van der Waals surface area contributed by atoms with Crippen LogP contribution in [0.2, 0.25) is 0 Å². The van der Waals surface area contributed by atoms with Gasteiger partial charge in [-0.2, -0.15) is 0 Å². The molecule has 20 heavy (non-hydrogen) atoms. The number of hydrazine groups is 1. The van der Waals surface area contributed by atoms with Crippen LogP contribution in [0, 0.1) is 6.92 Å². The topological polar surface area (TPSA) is 44.5 Å². The molecule has 0 amide bonds. The third-order valence-electron chi connectivity index (χ3n) is 3.49. The largest absolute Gasteiger partial charge is 0.460 e. The molecule has 3 heterocycles. The van der Waals surface area contributed by atoms with Crippen LogP contribution in [0.15, 0.2) is 22.7 Å². The fraction of sp³-hybridized carbons (Fsp3) is 0.500. The fourth-order valence-electron chi connectivity index (χ4n) is 2.22. The van der Waals surface area contributed by atoms with Crippen LogP contribution in [-0.4, -0.2) is 48.1 Å². The summed E-state index contributed by atoms with van der Waals surface area (Å²) in [6, 6.07) is 3.98. The van der Waals surface area contributed by atoms with Crippen molar-refractivity contribution < 1.29 is 4.42 Å². The molecule has 2 aromatic heterocycles. The molecule has 0 atom stereocenters. The monoisotopic (exact) mass is 292 g/mol. The maximum Gasteiger partial charge on any atom is 0.145 e. The first-order valence-electron chi connectivity index (χ1n) is 6.89. The Morgan fingerprint density at radius 1 is 1.30 bits per heavy atom. The van der Waals surface area contributed by atoms with Crippen molar-refractivity contribution >= 4 is 11.3 Å². The average molecular weight is 292 g/mol. The second kappa shape index (κ2) is 6.05. The molecular weight excluding hydrogens is 272 g/mol. The second-order valence-corrected chi connectivity index (χ2v) is 6.27. The summed E-state index contributed by atoms with van der Waals surface area (Å²) in [5, 5.41) is 3.37. The van der Waals surface area contributed by atoms with Gasteiger partial charge in [-0.3, -0.25) is 0 Å². The number of nitrogens with one attached hydrogen (secondary N) is 1. The first-order chi connectivity index (χ1) is 9.70. The molecular formula is C14H20N4OS. The Kier molecular flexibility index (Phi) is 4.16. The van der Waals surface area contributed by atoms with Crippen LogP contribution in [0.3, 0.4) is 0 Å². The van der Waals surface area contributed by atoms with Crippen LogP contribution in [0.5, 0.6) is 0 Å². The zero-order valence-corrected chi connectivity index (χ0v) is 12.7. The predicted molar refractivity (Wildman–Crippen MR) is 80.5 cm³/mol. The van der Waals surface area contributed by atoms with E-state index in [4.69, 9.17) is 4.42 Å². The van der Waals surface area contributed by atoms with E-state index in [9.17, 15) is 0 Å². The SMILES string of the molecule is Cc1ccc(-c2cnc(CNN3CCN(C)CC3)s2)o1. The lowest BCUT2D eigenvalue weighted by Gasteiger charge is -2.32. The van der Waals surface area contributed by atoms with Gasteiger partial charge in [0.2, 0.25) is 0 Å². The molecule has 0 unspecified atom stereocenters. The molecule has 108 valence electrons. The first kappa shape index (κ1) is 13.8. The highest BCUT2D eigenvalue weighted by Crippen LogP contribution is 2.27. The molecule has 3 rings (SSSR count). The van der Waals surface area contributed by atoms with Crippen LogP contribution < -0.4 is 5.43 Å². The highest BCUT2D eigenvalue weighted by Gasteiger charge is 2.14. The Morgan fingerprint density at radius 2 is 2.10 bits per heavy atom. The van der Waals surface area contributed by atoms with Gasteiger partial charge in [-0.1, -0.05) is 0 Å². The number of aryl methyl sites for hydroxylation is 1. The lowest BCUT2D eigenvalue weighted by Crippen LogP contribution is -2.50. The van der Waals surface area contributed by atoms with Crippen molar-refractivity contribution in [2.75, 3.05) is 33.2 Å². The van der Waals surface area contributed by atoms with Gasteiger partial charge in [-0.25, -0.2) is 15.4 Å². The summed E-state index contributed by atoms with van der Waals surface area (Å²) in [5.74, 6) is 1.84. The maximum atomic E-state index is 5.62. The summed E-state index contributed by atoms with van der Waals surface area (Å²) in [7, 11) is 2.16. The van der Waals surface area contributed by atoms with Crippen molar-refractivity contribution in [3.8, 4) is 10.6 Å². The number of nitrogens with zero attached hydrogens (tertiary/aromatic N) is 3. The van der Waals surface area contributed by atoms with Crippen molar-refractivity contribution in [1.82, 2.24) is 20.3 Å². The second-order valence-electron chi connectivity index (χ2n) is 5.15. The smallest absolute Gasteiger partial charge is 0.145 e. The van der Waals surface area contributed by atoms with Gasteiger partial charge in [-0.05, 0) is 26.1 Å². The third-order valence-corrected chi connectivity index (χ3v) is 4.51. The molecule has 0 aromatic carbocycles. The Hall–Kier alpha value is -1.21. The number of piperazine rings is 1. The molecule has 1 aliphatic heterocycles. The third kappa shape index (κ3) is 3.27. The molecule has 1 fully saturated rings. The summed E-state index contributed by atoms with van der Waals surface area (Å²) < 4.78 is 5.62. The molecule has 1 saturated heterocycles. The fourth-order valence-corrected chi connectivity index (χ4v) is 3.03. The predicted octanol–water partition coefficient (Wildman–Crippen LogP) is 1.96. The van der Waals surface area contributed by atoms with Crippen LogP contribution >= 0.6 is 11.3 Å². The summed E-state index contributed by atoms with van der Waals surface area (Å²) in [6.07, 6.45) is 1.89. The number of hydrogen-bond donors (Lipinski definition) is 1. The molecule has 1 aliphatic rings. The Balaban J connectivity index is 1.55. The van der Waals surface area contributed by atoms with Gasteiger partial charge in [0.1, 0.15) is 16.5 Å². The molecule has 0 aliphatic carbocycles. The zero-order chi connectivity index (χ0) is 13.9. The highest BCUT2D eigenvalue weighted by molar-refractivity contribution is 7.15. The van der Waals surface area contributed by atoms with E-state index in [-0.39, 0.29) is 0 Å². The summed E-state index contributed by atoms with van der Waals surface area (Å²) >= 11 is 1.68. The summed E-state index contributed by atoms with van der Waals surface area (Å²) in [6.45, 7) is 7.09. The van der Waals surface area contributed by atoms with E-state index in [1.807, 2.05) is 25.3 Å². The molecule has 0 bridgehead atoms. The van der Waals surface area contributed by atoms with Crippen LogP contribution in [0.4, 0.5) is 0 Å². The van der Waals surface area contributed by atoms with Crippen LogP contribution in [0.25, 0.3) is 10.6 Å². The van der Waals surface area contributed by atoms with Gasteiger partial charge in [0.15, 0.2) is 0 Å². The molecule has 1 N–H and O–H groups in total. The van der Waals surface area contributed by atoms with Gasteiger partial charge >= 0.3 is 0 Å². The molecule has 5 nitrogen and oxygen atoms in total. The Labute approximate surface area is 123 Å². The minimum absolute atomic E-state index is 0.786. The summed E-state index contributed by atoms with van der Waals surface area (Å²) in [5.41, 5.74) is 3.45. The molecule has 0 spiro atoms. The number of rotatable bonds is 4. The van der Waals surface area contributed by atoms with Gasteiger partial charge in [0, 0.05) is 32.4 Å². The number of hydrogen-bond acceptors (Lipinski definition) is 6. The summed E-state index contributed by atoms with van der Waals surface area (Å²) in [4.78, 5) is 7.90. The van der Waals surface area contributed by atoms with E-state index in [0.29, 0.717) is 0 Å². The van der Waals surface area contributed by atoms with Gasteiger partial charge in [-0.15, -0.1) is 11.3 Å². The van der Waals surface area contributed by atoms with Gasteiger partial charge < -0.3 is 9.32 Å². The van der Waals surface area contributed by atoms with E-state index in [1.165, 1.54) is 0 Å². The molecule has 0 radical (unpaired) electrons. The maximum absolute atomic E-state index is 5.62. The number of likely N-dealkylation sites (N-methyl/N-ethyl adjacent to an activating group) is 1. The van der Waals surface area contributed by atoms with Crippen LogP contribution in [-0.2, 0) is 6.54 Å². The van der Waals surface area contributed by atoms with Crippen molar-refractivity contribution in [2.45, 2.75) is 13.5 Å². The average Bonchev–Trinajstić information content (AvgIpc) is 3.07. The van der Waals surface area contributed by atoms with E-state index in [1.54, 1.807) is 11.3 Å². The quantitative estimate of drug-likeness (QED) is 0.933. The Bertz CT molecular complexity index is 557. The van der Waals surface area contributed by atoms with E-state index < -0.39 is 0 Å². The minimum Gasteiger partial charge on any atom is -0.460 e. The van der Waals surface area contributed by atoms with Crippen LogP contribution in [0.1, 0.15) is 10.8 Å². The van der Waals surface area contributed by atoms with Crippen molar-refractivity contribution in [2.24, 2.45) is 0 Å². The lowest BCUT2D eigenvalue weighted by atomic mass is 10.4. The van der Waals surface area contributed by atoms with Crippen molar-refractivity contribution in [3.05, 3.63) is 29.1 Å². The first-order valence-corrected chi connectivity index (χ1v) is 7.71. The number of furan rings is 1. The van der Waals surface area contributed by atoms with E-state index in [2.05, 4.69) is 27.4 Å². The Morgan fingerprint density at radius 3 is 2.80 bits per heavy atom. The van der Waals surface area contributed by atoms with E-state index >= 15 is 0 Å². The minimum atomic E-state index is 0.786. The highest BCUT2D eigenvalue weighted by atomic mass is 32.1. The van der Waals surface area contributed by atoms with Crippen molar-refractivity contribution in [3.63, 3.8) is 0 Å². The van der Waals surface area contributed by atoms with Crippen molar-refractivity contribution in [1.29, 1.82) is 0 Å². The normalized spacial score (nSPS) is 17.7. The van der Waals surface area contributed by atoms with E-state index in [0.717, 1.165) is 54.1 Å². The molecule has 0 saturated carbocycles. The lowest BCUT2D eigenvalue weighted by molar-refractivity contribution is 0.102. The molecule has 6 heteroatoms. The zero-order valence-electron chi connectivity index (χ0n) is 11.9. The number of thiazole rings is 1. The van der Waals surface area contributed by atoms with Gasteiger partial charge in [0.25, 0.3) is 0 Å². The molecule has 2 aromatic rings.